The Morgan fingerprint density at radius 2 is 1.55 bits per heavy atom. The zero-order chi connectivity index (χ0) is 20.6. The molecule has 0 N–H and O–H groups in total. The number of aromatic nitrogens is 2. The van der Waals surface area contributed by atoms with Gasteiger partial charge in [-0.15, -0.1) is 0 Å². The maximum absolute atomic E-state index is 6.48. The lowest BCUT2D eigenvalue weighted by atomic mass is 9.65. The molecule has 2 saturated carbocycles. The Morgan fingerprint density at radius 3 is 2.24 bits per heavy atom. The van der Waals surface area contributed by atoms with E-state index in [1.165, 1.54) is 38.5 Å². The minimum Gasteiger partial charge on any atom is -0.452 e. The highest BCUT2D eigenvalue weighted by atomic mass is 16.5. The van der Waals surface area contributed by atoms with Crippen molar-refractivity contribution in [2.24, 2.45) is 35.5 Å². The van der Waals surface area contributed by atoms with Gasteiger partial charge >= 0.3 is 11.8 Å². The van der Waals surface area contributed by atoms with E-state index in [1.807, 2.05) is 0 Å². The summed E-state index contributed by atoms with van der Waals surface area (Å²) in [5, 5.41) is 0. The highest BCUT2D eigenvalue weighted by molar-refractivity contribution is 5.30. The van der Waals surface area contributed by atoms with Gasteiger partial charge in [0.2, 0.25) is 0 Å². The zero-order valence-corrected chi connectivity index (χ0v) is 19.4. The number of ether oxygens (including phenoxy) is 2. The minimum atomic E-state index is 0.108. The van der Waals surface area contributed by atoms with Gasteiger partial charge in [-0.2, -0.15) is 9.13 Å². The molecule has 2 fully saturated rings. The molecule has 2 spiro atoms. The molecule has 0 radical (unpaired) electrons. The van der Waals surface area contributed by atoms with Crippen molar-refractivity contribution in [1.29, 1.82) is 0 Å². The first-order chi connectivity index (χ1) is 13.8. The fraction of sp³-hybridized carbons (Fsp3) is 0.880. The summed E-state index contributed by atoms with van der Waals surface area (Å²) >= 11 is 0. The van der Waals surface area contributed by atoms with Gasteiger partial charge < -0.3 is 9.47 Å². The lowest BCUT2D eigenvalue weighted by Gasteiger charge is -2.43. The highest BCUT2D eigenvalue weighted by Gasteiger charge is 2.62. The summed E-state index contributed by atoms with van der Waals surface area (Å²) in [6.07, 6.45) is 10.2. The lowest BCUT2D eigenvalue weighted by molar-refractivity contribution is -0.759. The van der Waals surface area contributed by atoms with E-state index >= 15 is 0 Å². The molecule has 162 valence electrons. The fourth-order valence-electron chi connectivity index (χ4n) is 7.82. The monoisotopic (exact) mass is 401 g/mol. The highest BCUT2D eigenvalue weighted by Crippen LogP contribution is 2.54. The van der Waals surface area contributed by atoms with Crippen LogP contribution in [0.1, 0.15) is 80.1 Å². The predicted octanol–water partition coefficient (Wildman–Crippen LogP) is 5.14. The average Bonchev–Trinajstić information content (AvgIpc) is 3.28. The van der Waals surface area contributed by atoms with Crippen molar-refractivity contribution >= 4 is 0 Å². The van der Waals surface area contributed by atoms with Crippen LogP contribution < -0.4 is 14.0 Å². The number of hydrogen-bond donors (Lipinski definition) is 0. The van der Waals surface area contributed by atoms with Crippen LogP contribution in [0.4, 0.5) is 0 Å². The third kappa shape index (κ3) is 2.66. The molecule has 0 bridgehead atoms. The molecule has 4 heteroatoms. The molecule has 4 nitrogen and oxygen atoms in total. The Hall–Kier alpha value is -1.19. The molecule has 5 rings (SSSR count). The molecular formula is C25H41N2O2+. The van der Waals surface area contributed by atoms with E-state index in [0.717, 1.165) is 36.8 Å². The van der Waals surface area contributed by atoms with E-state index in [9.17, 15) is 0 Å². The topological polar surface area (TPSA) is 27.3 Å². The van der Waals surface area contributed by atoms with Crippen LogP contribution in [0.3, 0.4) is 0 Å². The van der Waals surface area contributed by atoms with E-state index in [1.54, 1.807) is 0 Å². The third-order valence-electron chi connectivity index (χ3n) is 9.06. The summed E-state index contributed by atoms with van der Waals surface area (Å²) < 4.78 is 18.0. The number of rotatable bonds is 2. The quantitative estimate of drug-likeness (QED) is 0.642. The van der Waals surface area contributed by atoms with Gasteiger partial charge in [0.05, 0.1) is 0 Å². The maximum atomic E-state index is 6.48. The van der Waals surface area contributed by atoms with Crippen LogP contribution in [0.5, 0.6) is 11.8 Å². The molecule has 0 amide bonds. The van der Waals surface area contributed by atoms with Gasteiger partial charge in [0.1, 0.15) is 13.2 Å². The number of hydrogen-bond acceptors (Lipinski definition) is 2. The summed E-state index contributed by atoms with van der Waals surface area (Å²) in [5.74, 6) is 6.25. The molecule has 6 atom stereocenters. The predicted molar refractivity (Wildman–Crippen MR) is 114 cm³/mol. The second-order valence-electron chi connectivity index (χ2n) is 11.7. The van der Waals surface area contributed by atoms with Crippen molar-refractivity contribution in [1.82, 2.24) is 4.57 Å². The van der Waals surface area contributed by atoms with Crippen LogP contribution in [-0.4, -0.2) is 17.8 Å². The van der Waals surface area contributed by atoms with Crippen molar-refractivity contribution in [3.8, 4) is 11.8 Å². The Kier molecular flexibility index (Phi) is 4.53. The van der Waals surface area contributed by atoms with Crippen molar-refractivity contribution < 1.29 is 14.0 Å². The Morgan fingerprint density at radius 1 is 0.897 bits per heavy atom. The van der Waals surface area contributed by atoms with E-state index in [2.05, 4.69) is 57.0 Å². The molecule has 29 heavy (non-hydrogen) atoms. The van der Waals surface area contributed by atoms with E-state index < -0.39 is 0 Å². The van der Waals surface area contributed by atoms with Crippen LogP contribution >= 0.6 is 0 Å². The van der Waals surface area contributed by atoms with Crippen LogP contribution in [0.25, 0.3) is 0 Å². The number of imidazole rings is 1. The molecule has 2 aliphatic carbocycles. The first-order valence-electron chi connectivity index (χ1n) is 12.2. The van der Waals surface area contributed by atoms with E-state index in [-0.39, 0.29) is 11.1 Å². The smallest absolute Gasteiger partial charge is 0.373 e. The summed E-state index contributed by atoms with van der Waals surface area (Å²) in [7, 11) is 0. The summed E-state index contributed by atoms with van der Waals surface area (Å²) in [6, 6.07) is 0. The van der Waals surface area contributed by atoms with Gasteiger partial charge in [0.15, 0.2) is 11.1 Å². The van der Waals surface area contributed by atoms with Gasteiger partial charge in [-0.25, -0.2) is 0 Å². The zero-order valence-electron chi connectivity index (χ0n) is 19.4. The van der Waals surface area contributed by atoms with Gasteiger partial charge in [-0.1, -0.05) is 54.4 Å². The van der Waals surface area contributed by atoms with Gasteiger partial charge in [-0.05, 0) is 49.4 Å². The maximum Gasteiger partial charge on any atom is 0.373 e. The van der Waals surface area contributed by atoms with Crippen molar-refractivity contribution in [3.05, 3.63) is 6.33 Å². The number of nitrogens with zero attached hydrogens (tertiary/aromatic N) is 2. The lowest BCUT2D eigenvalue weighted by Crippen LogP contribution is -2.62. The van der Waals surface area contributed by atoms with Crippen molar-refractivity contribution in [3.63, 3.8) is 0 Å². The molecular weight excluding hydrogens is 360 g/mol. The normalized spacial score (nSPS) is 41.1. The largest absolute Gasteiger partial charge is 0.452 e. The van der Waals surface area contributed by atoms with Crippen LogP contribution in [-0.2, 0) is 11.1 Å². The van der Waals surface area contributed by atoms with Crippen molar-refractivity contribution in [2.45, 2.75) is 91.1 Å². The van der Waals surface area contributed by atoms with Gasteiger partial charge in [0, 0.05) is 11.8 Å². The van der Waals surface area contributed by atoms with E-state index in [0.29, 0.717) is 23.7 Å². The first kappa shape index (κ1) is 19.8. The average molecular weight is 402 g/mol. The standard InChI is InChI=1S/C25H41N2O2/c1-16(2)20-9-7-18(5)11-24(20)13-28-22-23-27(15-26(22)24)25(14-29-23)12-19(6)8-10-21(25)17(3)4/h15-21H,7-14H2,1-6H3/q+1. The minimum absolute atomic E-state index is 0.108. The molecule has 0 aromatic carbocycles. The molecule has 1 aromatic heterocycles. The van der Waals surface area contributed by atoms with Gasteiger partial charge in [-0.3, -0.25) is 0 Å². The van der Waals surface area contributed by atoms with Crippen LogP contribution in [0.2, 0.25) is 0 Å². The summed E-state index contributed by atoms with van der Waals surface area (Å²) in [6.45, 7) is 16.1. The van der Waals surface area contributed by atoms with Crippen molar-refractivity contribution in [2.75, 3.05) is 13.2 Å². The molecule has 1 aromatic rings. The second-order valence-corrected chi connectivity index (χ2v) is 11.7. The van der Waals surface area contributed by atoms with E-state index in [4.69, 9.17) is 9.47 Å². The molecule has 3 heterocycles. The molecule has 6 unspecified atom stereocenters. The van der Waals surface area contributed by atoms with Gasteiger partial charge in [0.25, 0.3) is 6.33 Å². The SMILES string of the molecule is CC1CCC(C(C)C)C2(COc3c4[n+](cn32)C2(CO4)CC(C)CCC2C(C)C)C1. The van der Waals surface area contributed by atoms with Crippen LogP contribution in [0, 0.1) is 35.5 Å². The molecule has 0 saturated heterocycles. The molecule has 4 aliphatic rings. The Balaban J connectivity index is 1.61. The second kappa shape index (κ2) is 6.65. The number of fused-ring (bicyclic) bond motifs is 5. The fourth-order valence-corrected chi connectivity index (χ4v) is 7.82. The Labute approximate surface area is 177 Å². The summed E-state index contributed by atoms with van der Waals surface area (Å²) in [4.78, 5) is 0. The summed E-state index contributed by atoms with van der Waals surface area (Å²) in [5.41, 5.74) is 0.216. The van der Waals surface area contributed by atoms with Crippen LogP contribution in [0.15, 0.2) is 6.33 Å². The third-order valence-corrected chi connectivity index (χ3v) is 9.06. The first-order valence-corrected chi connectivity index (χ1v) is 12.2. The Bertz CT molecular complexity index is 722. The molecule has 2 aliphatic heterocycles.